The molecule has 1 aromatic rings. The van der Waals surface area contributed by atoms with Crippen LogP contribution in [0.4, 0.5) is 0 Å². The first-order valence-electron chi connectivity index (χ1n) is 3.76. The first kappa shape index (κ1) is 10.7. The van der Waals surface area contributed by atoms with E-state index in [4.69, 9.17) is 10.2 Å². The zero-order valence-electron chi connectivity index (χ0n) is 7.30. The smallest absolute Gasteiger partial charge is 0.339 e. The molecule has 0 atom stereocenters. The summed E-state index contributed by atoms with van der Waals surface area (Å²) in [7, 11) is 0. The van der Waals surface area contributed by atoms with Crippen LogP contribution in [-0.4, -0.2) is 33.5 Å². The topological polar surface area (TPSA) is 112 Å². The van der Waals surface area contributed by atoms with E-state index in [1.807, 2.05) is 0 Å². The fourth-order valence-corrected chi connectivity index (χ4v) is 1.05. The monoisotopic (exact) mass is 210 g/mol. The van der Waals surface area contributed by atoms with E-state index in [1.165, 1.54) is 0 Å². The van der Waals surface area contributed by atoms with Crippen LogP contribution in [0.3, 0.4) is 0 Å². The molecule has 3 N–H and O–H groups in total. The van der Waals surface area contributed by atoms with Gasteiger partial charge in [-0.05, 0) is 12.1 Å². The maximum absolute atomic E-state index is 10.6. The molecule has 1 rings (SSSR count). The number of carboxylic acids is 2. The van der Waals surface area contributed by atoms with Gasteiger partial charge < -0.3 is 15.3 Å². The van der Waals surface area contributed by atoms with Crippen molar-refractivity contribution in [3.63, 3.8) is 0 Å². The van der Waals surface area contributed by atoms with Crippen LogP contribution < -0.4 is 0 Å². The second-order valence-electron chi connectivity index (χ2n) is 2.69. The minimum atomic E-state index is -1.50. The summed E-state index contributed by atoms with van der Waals surface area (Å²) < 4.78 is 0. The molecule has 0 unspecified atom stereocenters. The molecule has 0 aliphatic heterocycles. The molecular formula is C9H6O6. The summed E-state index contributed by atoms with van der Waals surface area (Å²) in [6.07, 6.45) is 0.304. The molecule has 15 heavy (non-hydrogen) atoms. The van der Waals surface area contributed by atoms with Gasteiger partial charge in [0.1, 0.15) is 23.2 Å². The summed E-state index contributed by atoms with van der Waals surface area (Å²) in [6.45, 7) is 0. The summed E-state index contributed by atoms with van der Waals surface area (Å²) in [5.41, 5.74) is -1.35. The van der Waals surface area contributed by atoms with E-state index in [2.05, 4.69) is 0 Å². The number of aromatic carboxylic acids is 2. The largest absolute Gasteiger partial charge is 0.506 e. The fourth-order valence-electron chi connectivity index (χ4n) is 1.05. The molecule has 0 heterocycles. The third-order valence-corrected chi connectivity index (χ3v) is 1.73. The summed E-state index contributed by atoms with van der Waals surface area (Å²) in [5, 5.41) is 26.5. The van der Waals surface area contributed by atoms with Crippen LogP contribution in [0, 0.1) is 0 Å². The molecule has 0 radical (unpaired) electrons. The second kappa shape index (κ2) is 3.79. The first-order valence-corrected chi connectivity index (χ1v) is 3.76. The molecule has 1 aromatic carbocycles. The van der Waals surface area contributed by atoms with Gasteiger partial charge in [-0.15, -0.1) is 0 Å². The van der Waals surface area contributed by atoms with Gasteiger partial charge in [0.25, 0.3) is 0 Å². The van der Waals surface area contributed by atoms with Crippen LogP contribution in [-0.2, 0) is 0 Å². The number of carbonyl (C=O) groups is 3. The van der Waals surface area contributed by atoms with Crippen molar-refractivity contribution in [3.05, 3.63) is 28.8 Å². The second-order valence-corrected chi connectivity index (χ2v) is 2.69. The van der Waals surface area contributed by atoms with Gasteiger partial charge in [0.15, 0.2) is 0 Å². The summed E-state index contributed by atoms with van der Waals surface area (Å²) in [4.78, 5) is 31.6. The van der Waals surface area contributed by atoms with E-state index in [0.717, 1.165) is 12.1 Å². The minimum absolute atomic E-state index is 0.123. The highest BCUT2D eigenvalue weighted by molar-refractivity contribution is 6.00. The normalized spacial score (nSPS) is 9.60. The molecule has 0 bridgehead atoms. The average Bonchev–Trinajstić information content (AvgIpc) is 2.17. The maximum atomic E-state index is 10.6. The predicted molar refractivity (Wildman–Crippen MR) is 47.4 cm³/mol. The first-order chi connectivity index (χ1) is 6.97. The van der Waals surface area contributed by atoms with Gasteiger partial charge in [-0.25, -0.2) is 9.59 Å². The average molecular weight is 210 g/mol. The molecule has 6 heteroatoms. The molecule has 78 valence electrons. The van der Waals surface area contributed by atoms with Gasteiger partial charge in [0.2, 0.25) is 0 Å². The Morgan fingerprint density at radius 2 is 1.47 bits per heavy atom. The summed E-state index contributed by atoms with van der Waals surface area (Å²) >= 11 is 0. The Bertz CT molecular complexity index is 413. The zero-order valence-corrected chi connectivity index (χ0v) is 7.30. The quantitative estimate of drug-likeness (QED) is 0.630. The van der Waals surface area contributed by atoms with Crippen LogP contribution in [0.1, 0.15) is 31.1 Å². The lowest BCUT2D eigenvalue weighted by Crippen LogP contribution is -2.05. The van der Waals surface area contributed by atoms with Crippen LogP contribution >= 0.6 is 0 Å². The van der Waals surface area contributed by atoms with Gasteiger partial charge in [-0.2, -0.15) is 0 Å². The van der Waals surface area contributed by atoms with Gasteiger partial charge in [-0.3, -0.25) is 4.79 Å². The van der Waals surface area contributed by atoms with Crippen molar-refractivity contribution >= 4 is 18.2 Å². The molecule has 0 saturated carbocycles. The van der Waals surface area contributed by atoms with Crippen LogP contribution in [0.2, 0.25) is 0 Å². The van der Waals surface area contributed by atoms with Crippen molar-refractivity contribution in [2.24, 2.45) is 0 Å². The molecule has 0 aromatic heterocycles. The Hall–Kier alpha value is -2.37. The molecule has 0 aliphatic rings. The molecule has 0 amide bonds. The predicted octanol–water partition coefficient (Wildman–Crippen LogP) is 0.601. The van der Waals surface area contributed by atoms with Crippen molar-refractivity contribution in [1.82, 2.24) is 0 Å². The summed E-state index contributed by atoms with van der Waals surface area (Å²) in [6, 6.07) is 1.80. The van der Waals surface area contributed by atoms with Crippen molar-refractivity contribution in [2.45, 2.75) is 0 Å². The number of hydrogen-bond acceptors (Lipinski definition) is 4. The van der Waals surface area contributed by atoms with E-state index >= 15 is 0 Å². The minimum Gasteiger partial charge on any atom is -0.506 e. The zero-order chi connectivity index (χ0) is 11.6. The maximum Gasteiger partial charge on any atom is 0.339 e. The highest BCUT2D eigenvalue weighted by Crippen LogP contribution is 2.24. The van der Waals surface area contributed by atoms with E-state index in [-0.39, 0.29) is 5.56 Å². The fraction of sp³-hybridized carbons (Fsp3) is 0. The number of rotatable bonds is 3. The molecule has 0 saturated heterocycles. The van der Waals surface area contributed by atoms with E-state index in [1.54, 1.807) is 0 Å². The highest BCUT2D eigenvalue weighted by atomic mass is 16.4. The van der Waals surface area contributed by atoms with Crippen molar-refractivity contribution in [2.75, 3.05) is 0 Å². The molecule has 6 nitrogen and oxygen atoms in total. The van der Waals surface area contributed by atoms with Gasteiger partial charge in [0, 0.05) is 5.56 Å². The van der Waals surface area contributed by atoms with E-state index < -0.39 is 28.8 Å². The van der Waals surface area contributed by atoms with Gasteiger partial charge >= 0.3 is 11.9 Å². The lowest BCUT2D eigenvalue weighted by atomic mass is 10.0. The number of carboxylic acid groups (broad SMARTS) is 2. The Morgan fingerprint density at radius 1 is 1.07 bits per heavy atom. The number of phenols is 1. The lowest BCUT2D eigenvalue weighted by Gasteiger charge is -2.04. The van der Waals surface area contributed by atoms with Crippen molar-refractivity contribution in [1.29, 1.82) is 0 Å². The third-order valence-electron chi connectivity index (χ3n) is 1.73. The molecule has 0 spiro atoms. The summed E-state index contributed by atoms with van der Waals surface area (Å²) in [5.74, 6) is -3.86. The Morgan fingerprint density at radius 3 is 1.73 bits per heavy atom. The SMILES string of the molecule is O=Cc1cc(C(=O)O)c(O)c(C(=O)O)c1. The molecule has 0 aliphatic carbocycles. The van der Waals surface area contributed by atoms with E-state index in [9.17, 15) is 19.5 Å². The standard InChI is InChI=1S/C9H6O6/c10-3-4-1-5(8(12)13)7(11)6(2-4)9(14)15/h1-3,11H,(H,12,13)(H,14,15). The lowest BCUT2D eigenvalue weighted by molar-refractivity contribution is 0.0691. The van der Waals surface area contributed by atoms with Crippen LogP contribution in [0.15, 0.2) is 12.1 Å². The van der Waals surface area contributed by atoms with Crippen LogP contribution in [0.25, 0.3) is 0 Å². The number of hydrogen-bond donors (Lipinski definition) is 3. The van der Waals surface area contributed by atoms with Gasteiger partial charge in [0.05, 0.1) is 0 Å². The highest BCUT2D eigenvalue weighted by Gasteiger charge is 2.19. The van der Waals surface area contributed by atoms with E-state index in [0.29, 0.717) is 6.29 Å². The Kier molecular flexibility index (Phi) is 2.70. The molecule has 0 fully saturated rings. The molecular weight excluding hydrogens is 204 g/mol. The van der Waals surface area contributed by atoms with Crippen molar-refractivity contribution in [3.8, 4) is 5.75 Å². The number of aromatic hydroxyl groups is 1. The Balaban J connectivity index is 3.53. The number of aldehydes is 1. The Labute approximate surface area is 83.4 Å². The number of carbonyl (C=O) groups excluding carboxylic acids is 1. The van der Waals surface area contributed by atoms with Crippen molar-refractivity contribution < 1.29 is 29.7 Å². The number of benzene rings is 1. The third kappa shape index (κ3) is 1.93. The van der Waals surface area contributed by atoms with Crippen LogP contribution in [0.5, 0.6) is 5.75 Å². The van der Waals surface area contributed by atoms with Gasteiger partial charge in [-0.1, -0.05) is 0 Å².